The molecule has 1 unspecified atom stereocenters. The zero-order valence-electron chi connectivity index (χ0n) is 21.5. The summed E-state index contributed by atoms with van der Waals surface area (Å²) in [5.41, 5.74) is -3.99. The van der Waals surface area contributed by atoms with Gasteiger partial charge in [-0.25, -0.2) is 4.79 Å². The Morgan fingerprint density at radius 2 is 1.74 bits per heavy atom. The van der Waals surface area contributed by atoms with Gasteiger partial charge in [0.05, 0.1) is 23.5 Å². The maximum absolute atomic E-state index is 14.4. The molecule has 1 aliphatic rings. The number of carboxylic acid groups (broad SMARTS) is 1. The number of aryl methyl sites for hydroxylation is 2. The van der Waals surface area contributed by atoms with Crippen molar-refractivity contribution in [2.75, 3.05) is 6.61 Å². The molecule has 0 saturated heterocycles. The van der Waals surface area contributed by atoms with Gasteiger partial charge in [-0.3, -0.25) is 4.68 Å². The lowest BCUT2D eigenvalue weighted by Crippen LogP contribution is -2.29. The van der Waals surface area contributed by atoms with Gasteiger partial charge in [0.2, 0.25) is 0 Å². The summed E-state index contributed by atoms with van der Waals surface area (Å²) in [6, 6.07) is 7.01. The first-order valence-electron chi connectivity index (χ1n) is 12.0. The molecule has 0 bridgehead atoms. The number of carbonyl (C=O) groups is 1. The fourth-order valence-corrected chi connectivity index (χ4v) is 4.62. The summed E-state index contributed by atoms with van der Waals surface area (Å²) in [4.78, 5) is 12.4. The molecule has 210 valence electrons. The van der Waals surface area contributed by atoms with E-state index >= 15 is 0 Å². The van der Waals surface area contributed by atoms with Crippen LogP contribution < -0.4 is 4.74 Å². The third kappa shape index (κ3) is 5.90. The van der Waals surface area contributed by atoms with Crippen LogP contribution in [0.3, 0.4) is 0 Å². The van der Waals surface area contributed by atoms with Gasteiger partial charge >= 0.3 is 18.3 Å². The number of alkyl halides is 6. The zero-order valence-corrected chi connectivity index (χ0v) is 21.5. The standard InChI is InChI=1S/C27H26F6N2O4/c1-25(2,3)39-23(24(36)37)22-17(26(28,29)30)9-8-16(18-13-20(27(31,32)33)34-35(18)4)21(22)15-7-10-19-14(12-15)6-5-11-38-19/h7-10,12-13,23H,5-6,11H2,1-4H3,(H,36,37). The fraction of sp³-hybridized carbons (Fsp3) is 0.407. The van der Waals surface area contributed by atoms with Gasteiger partial charge in [-0.15, -0.1) is 0 Å². The molecule has 1 N–H and O–H groups in total. The van der Waals surface area contributed by atoms with Gasteiger partial charge in [0.15, 0.2) is 11.8 Å². The van der Waals surface area contributed by atoms with Crippen LogP contribution in [0.4, 0.5) is 26.3 Å². The van der Waals surface area contributed by atoms with Gasteiger partial charge in [0.25, 0.3) is 0 Å². The van der Waals surface area contributed by atoms with Crippen LogP contribution in [0.2, 0.25) is 0 Å². The van der Waals surface area contributed by atoms with Crippen molar-refractivity contribution in [3.63, 3.8) is 0 Å². The number of hydrogen-bond donors (Lipinski definition) is 1. The van der Waals surface area contributed by atoms with Crippen LogP contribution in [-0.2, 0) is 35.4 Å². The molecule has 3 aromatic rings. The number of hydrogen-bond acceptors (Lipinski definition) is 4. The van der Waals surface area contributed by atoms with E-state index in [1.54, 1.807) is 12.1 Å². The largest absolute Gasteiger partial charge is 0.493 e. The number of nitrogens with zero attached hydrogens (tertiary/aromatic N) is 2. The molecule has 0 saturated carbocycles. The van der Waals surface area contributed by atoms with Crippen molar-refractivity contribution in [2.24, 2.45) is 7.05 Å². The molecule has 0 radical (unpaired) electrons. The minimum Gasteiger partial charge on any atom is -0.493 e. The monoisotopic (exact) mass is 556 g/mol. The van der Waals surface area contributed by atoms with Crippen molar-refractivity contribution in [1.29, 1.82) is 0 Å². The van der Waals surface area contributed by atoms with Gasteiger partial charge in [-0.05, 0) is 74.6 Å². The molecule has 0 aliphatic carbocycles. The second kappa shape index (κ2) is 9.89. The highest BCUT2D eigenvalue weighted by Crippen LogP contribution is 2.47. The molecule has 0 fully saturated rings. The van der Waals surface area contributed by atoms with Crippen LogP contribution in [-0.4, -0.2) is 33.1 Å². The number of fused-ring (bicyclic) bond motifs is 1. The van der Waals surface area contributed by atoms with Gasteiger partial charge in [-0.2, -0.15) is 31.4 Å². The first-order chi connectivity index (χ1) is 18.0. The molecule has 1 aliphatic heterocycles. The van der Waals surface area contributed by atoms with Crippen LogP contribution in [0.1, 0.15) is 55.7 Å². The number of halogens is 6. The summed E-state index contributed by atoms with van der Waals surface area (Å²) in [5.74, 6) is -1.16. The zero-order chi connectivity index (χ0) is 28.9. The Hall–Kier alpha value is -3.54. The van der Waals surface area contributed by atoms with Crippen molar-refractivity contribution in [3.05, 3.63) is 58.8 Å². The van der Waals surface area contributed by atoms with Crippen LogP contribution in [0, 0.1) is 0 Å². The summed E-state index contributed by atoms with van der Waals surface area (Å²) < 4.78 is 95.9. The summed E-state index contributed by atoms with van der Waals surface area (Å²) in [6.45, 7) is 4.94. The van der Waals surface area contributed by atoms with Crippen molar-refractivity contribution in [2.45, 2.75) is 57.7 Å². The Labute approximate surface area is 220 Å². The molecule has 12 heteroatoms. The van der Waals surface area contributed by atoms with E-state index in [4.69, 9.17) is 9.47 Å². The molecule has 4 rings (SSSR count). The molecule has 0 amide bonds. The van der Waals surface area contributed by atoms with Crippen LogP contribution >= 0.6 is 0 Å². The number of rotatable bonds is 5. The van der Waals surface area contributed by atoms with E-state index < -0.39 is 46.8 Å². The van der Waals surface area contributed by atoms with E-state index in [0.29, 0.717) is 36.8 Å². The number of ether oxygens (including phenoxy) is 2. The Balaban J connectivity index is 2.13. The van der Waals surface area contributed by atoms with E-state index in [2.05, 4.69) is 5.10 Å². The first kappa shape index (κ1) is 28.5. The third-order valence-electron chi connectivity index (χ3n) is 6.15. The molecular formula is C27H26F6N2O4. The normalized spacial score (nSPS) is 15.0. The quantitative estimate of drug-likeness (QED) is 0.341. The predicted octanol–water partition coefficient (Wildman–Crippen LogP) is 7.06. The Morgan fingerprint density at radius 1 is 1.05 bits per heavy atom. The smallest absolute Gasteiger partial charge is 0.435 e. The molecular weight excluding hydrogens is 530 g/mol. The number of benzene rings is 2. The Bertz CT molecular complexity index is 1400. The molecule has 0 spiro atoms. The topological polar surface area (TPSA) is 73.6 Å². The average Bonchev–Trinajstić information content (AvgIpc) is 3.22. The number of aromatic nitrogens is 2. The minimum absolute atomic E-state index is 0.0658. The van der Waals surface area contributed by atoms with E-state index in [1.165, 1.54) is 33.9 Å². The van der Waals surface area contributed by atoms with E-state index in [0.717, 1.165) is 16.8 Å². The maximum Gasteiger partial charge on any atom is 0.435 e. The number of carboxylic acids is 1. The van der Waals surface area contributed by atoms with Crippen molar-refractivity contribution in [3.8, 4) is 28.1 Å². The highest BCUT2D eigenvalue weighted by molar-refractivity contribution is 5.90. The van der Waals surface area contributed by atoms with Gasteiger partial charge in [-0.1, -0.05) is 12.1 Å². The summed E-state index contributed by atoms with van der Waals surface area (Å²) in [5, 5.41) is 13.6. The van der Waals surface area contributed by atoms with Crippen LogP contribution in [0.25, 0.3) is 22.4 Å². The third-order valence-corrected chi connectivity index (χ3v) is 6.15. The SMILES string of the molecule is Cn1nc(C(F)(F)F)cc1-c1ccc(C(F)(F)F)c(C(OC(C)(C)C)C(=O)O)c1-c1ccc2c(c1)CCCO2. The fourth-order valence-electron chi connectivity index (χ4n) is 4.62. The second-order valence-corrected chi connectivity index (χ2v) is 10.2. The molecule has 2 aromatic carbocycles. The minimum atomic E-state index is -5.00. The van der Waals surface area contributed by atoms with Crippen LogP contribution in [0.5, 0.6) is 5.75 Å². The molecule has 6 nitrogen and oxygen atoms in total. The highest BCUT2D eigenvalue weighted by atomic mass is 19.4. The van der Waals surface area contributed by atoms with Crippen molar-refractivity contribution in [1.82, 2.24) is 9.78 Å². The Morgan fingerprint density at radius 3 is 2.31 bits per heavy atom. The Kier molecular flexibility index (Phi) is 7.22. The first-order valence-corrected chi connectivity index (χ1v) is 12.0. The molecule has 2 heterocycles. The van der Waals surface area contributed by atoms with E-state index in [-0.39, 0.29) is 22.4 Å². The summed E-state index contributed by atoms with van der Waals surface area (Å²) in [6.07, 6.45) is -10.7. The lowest BCUT2D eigenvalue weighted by molar-refractivity contribution is -0.163. The number of aliphatic carboxylic acids is 1. The predicted molar refractivity (Wildman–Crippen MR) is 129 cm³/mol. The van der Waals surface area contributed by atoms with Gasteiger partial charge in [0, 0.05) is 18.2 Å². The lowest BCUT2D eigenvalue weighted by atomic mass is 9.85. The van der Waals surface area contributed by atoms with Gasteiger partial charge < -0.3 is 14.6 Å². The molecule has 1 atom stereocenters. The van der Waals surface area contributed by atoms with Crippen molar-refractivity contribution < 1.29 is 45.7 Å². The van der Waals surface area contributed by atoms with Crippen LogP contribution in [0.15, 0.2) is 36.4 Å². The molecule has 39 heavy (non-hydrogen) atoms. The highest BCUT2D eigenvalue weighted by Gasteiger charge is 2.42. The lowest BCUT2D eigenvalue weighted by Gasteiger charge is -2.30. The second-order valence-electron chi connectivity index (χ2n) is 10.2. The summed E-state index contributed by atoms with van der Waals surface area (Å²) in [7, 11) is 1.23. The van der Waals surface area contributed by atoms with Crippen molar-refractivity contribution >= 4 is 5.97 Å². The van der Waals surface area contributed by atoms with E-state index in [1.807, 2.05) is 0 Å². The molecule has 1 aromatic heterocycles. The van der Waals surface area contributed by atoms with E-state index in [9.17, 15) is 36.2 Å². The average molecular weight is 557 g/mol. The maximum atomic E-state index is 14.4. The summed E-state index contributed by atoms with van der Waals surface area (Å²) >= 11 is 0. The van der Waals surface area contributed by atoms with Gasteiger partial charge in [0.1, 0.15) is 5.75 Å².